The molecule has 0 bridgehead atoms. The van der Waals surface area contributed by atoms with E-state index < -0.39 is 4.92 Å². The molecule has 0 aliphatic heterocycles. The van der Waals surface area contributed by atoms with Crippen molar-refractivity contribution >= 4 is 23.1 Å². The van der Waals surface area contributed by atoms with Crippen molar-refractivity contribution in [3.63, 3.8) is 0 Å². The number of aromatic nitrogens is 1. The molecule has 0 saturated heterocycles. The van der Waals surface area contributed by atoms with Gasteiger partial charge in [-0.2, -0.15) is 0 Å². The van der Waals surface area contributed by atoms with Gasteiger partial charge in [0.2, 0.25) is 0 Å². The molecule has 108 valence electrons. The molecule has 1 heterocycles. The Morgan fingerprint density at radius 2 is 1.95 bits per heavy atom. The SMILES string of the molecule is CN(C(=O)c1cccc(NN)n1)c1ccc([N+](=O)[O-])cc1. The van der Waals surface area contributed by atoms with E-state index in [4.69, 9.17) is 5.84 Å². The van der Waals surface area contributed by atoms with Gasteiger partial charge in [0.25, 0.3) is 11.6 Å². The summed E-state index contributed by atoms with van der Waals surface area (Å²) in [5.41, 5.74) is 3.07. The van der Waals surface area contributed by atoms with Gasteiger partial charge < -0.3 is 10.3 Å². The van der Waals surface area contributed by atoms with E-state index in [-0.39, 0.29) is 17.3 Å². The molecule has 2 rings (SSSR count). The van der Waals surface area contributed by atoms with E-state index in [0.717, 1.165) is 0 Å². The smallest absolute Gasteiger partial charge is 0.276 e. The van der Waals surface area contributed by atoms with Gasteiger partial charge in [-0.05, 0) is 24.3 Å². The zero-order chi connectivity index (χ0) is 15.4. The Kier molecular flexibility index (Phi) is 4.10. The largest absolute Gasteiger partial charge is 0.310 e. The molecule has 0 fully saturated rings. The third kappa shape index (κ3) is 3.12. The van der Waals surface area contributed by atoms with Crippen LogP contribution < -0.4 is 16.2 Å². The number of nitrogens with zero attached hydrogens (tertiary/aromatic N) is 3. The van der Waals surface area contributed by atoms with Gasteiger partial charge >= 0.3 is 0 Å². The van der Waals surface area contributed by atoms with Gasteiger partial charge in [-0.15, -0.1) is 0 Å². The van der Waals surface area contributed by atoms with E-state index in [2.05, 4.69) is 10.4 Å². The molecule has 0 radical (unpaired) electrons. The summed E-state index contributed by atoms with van der Waals surface area (Å²) in [6, 6.07) is 10.5. The second-order valence-electron chi connectivity index (χ2n) is 4.19. The van der Waals surface area contributed by atoms with Crippen LogP contribution in [0.25, 0.3) is 0 Å². The highest BCUT2D eigenvalue weighted by atomic mass is 16.6. The van der Waals surface area contributed by atoms with Crippen LogP contribution in [0.2, 0.25) is 0 Å². The Bertz CT molecular complexity index is 672. The number of rotatable bonds is 4. The van der Waals surface area contributed by atoms with Crippen LogP contribution >= 0.6 is 0 Å². The summed E-state index contributed by atoms with van der Waals surface area (Å²) < 4.78 is 0. The molecule has 1 aromatic carbocycles. The minimum absolute atomic E-state index is 0.0351. The number of nitrogens with one attached hydrogen (secondary N) is 1. The molecule has 2 aromatic rings. The fourth-order valence-electron chi connectivity index (χ4n) is 1.72. The number of hydrogen-bond acceptors (Lipinski definition) is 6. The molecule has 3 N–H and O–H groups in total. The second-order valence-corrected chi connectivity index (χ2v) is 4.19. The molecule has 1 aromatic heterocycles. The third-order valence-electron chi connectivity index (χ3n) is 2.87. The summed E-state index contributed by atoms with van der Waals surface area (Å²) in [6.07, 6.45) is 0. The van der Waals surface area contributed by atoms with Crippen molar-refractivity contribution in [1.29, 1.82) is 0 Å². The van der Waals surface area contributed by atoms with Gasteiger partial charge in [0, 0.05) is 24.9 Å². The number of benzene rings is 1. The minimum atomic E-state index is -0.496. The average Bonchev–Trinajstić information content (AvgIpc) is 2.53. The summed E-state index contributed by atoms with van der Waals surface area (Å²) in [7, 11) is 1.56. The first-order valence-electron chi connectivity index (χ1n) is 5.99. The number of pyridine rings is 1. The predicted octanol–water partition coefficient (Wildman–Crippen LogP) is 1.55. The Hall–Kier alpha value is -3.00. The molecular formula is C13H13N5O3. The number of anilines is 2. The molecule has 0 aliphatic carbocycles. The summed E-state index contributed by atoms with van der Waals surface area (Å²) in [5.74, 6) is 5.28. The fraction of sp³-hybridized carbons (Fsp3) is 0.0769. The number of carbonyl (C=O) groups excluding carboxylic acids is 1. The van der Waals surface area contributed by atoms with E-state index in [0.29, 0.717) is 11.5 Å². The fourth-order valence-corrected chi connectivity index (χ4v) is 1.72. The lowest BCUT2D eigenvalue weighted by Gasteiger charge is -2.16. The standard InChI is InChI=1S/C13H13N5O3/c1-17(9-5-7-10(8-6-9)18(20)21)13(19)11-3-2-4-12(15-11)16-14/h2-8H,14H2,1H3,(H,15,16). The quantitative estimate of drug-likeness (QED) is 0.501. The minimum Gasteiger partial charge on any atom is -0.310 e. The number of non-ortho nitro benzene ring substituents is 1. The van der Waals surface area contributed by atoms with Crippen LogP contribution in [-0.4, -0.2) is 22.9 Å². The Labute approximate surface area is 120 Å². The van der Waals surface area contributed by atoms with Gasteiger partial charge in [-0.3, -0.25) is 14.9 Å². The van der Waals surface area contributed by atoms with Gasteiger partial charge in [-0.1, -0.05) is 6.07 Å². The number of amides is 1. The predicted molar refractivity (Wildman–Crippen MR) is 77.9 cm³/mol. The van der Waals surface area contributed by atoms with Crippen molar-refractivity contribution in [1.82, 2.24) is 4.98 Å². The molecule has 8 heteroatoms. The van der Waals surface area contributed by atoms with Crippen LogP contribution in [0.4, 0.5) is 17.2 Å². The number of hydrazine groups is 1. The topological polar surface area (TPSA) is 114 Å². The number of nitro benzene ring substituents is 1. The van der Waals surface area contributed by atoms with Crippen LogP contribution in [0.5, 0.6) is 0 Å². The first kappa shape index (κ1) is 14.4. The molecule has 21 heavy (non-hydrogen) atoms. The van der Waals surface area contributed by atoms with Crippen LogP contribution in [0.1, 0.15) is 10.5 Å². The van der Waals surface area contributed by atoms with Gasteiger partial charge in [0.1, 0.15) is 11.5 Å². The highest BCUT2D eigenvalue weighted by Crippen LogP contribution is 2.19. The normalized spacial score (nSPS) is 10.0. The van der Waals surface area contributed by atoms with Crippen molar-refractivity contribution in [2.75, 3.05) is 17.4 Å². The summed E-state index contributed by atoms with van der Waals surface area (Å²) >= 11 is 0. The highest BCUT2D eigenvalue weighted by molar-refractivity contribution is 6.04. The Morgan fingerprint density at radius 1 is 1.29 bits per heavy atom. The molecule has 0 spiro atoms. The van der Waals surface area contributed by atoms with Crippen molar-refractivity contribution in [2.24, 2.45) is 5.84 Å². The lowest BCUT2D eigenvalue weighted by Crippen LogP contribution is -2.27. The van der Waals surface area contributed by atoms with Crippen LogP contribution in [0.15, 0.2) is 42.5 Å². The number of hydrogen-bond donors (Lipinski definition) is 2. The number of nitro groups is 1. The van der Waals surface area contributed by atoms with Gasteiger partial charge in [-0.25, -0.2) is 10.8 Å². The monoisotopic (exact) mass is 287 g/mol. The second kappa shape index (κ2) is 5.97. The van der Waals surface area contributed by atoms with Gasteiger partial charge in [0.15, 0.2) is 0 Å². The summed E-state index contributed by atoms with van der Waals surface area (Å²) in [4.78, 5) is 27.8. The van der Waals surface area contributed by atoms with E-state index in [1.54, 1.807) is 25.2 Å². The number of carbonyl (C=O) groups is 1. The van der Waals surface area contributed by atoms with Crippen molar-refractivity contribution < 1.29 is 9.72 Å². The first-order chi connectivity index (χ1) is 10.0. The molecule has 0 atom stereocenters. The number of nitrogen functional groups attached to an aromatic ring is 1. The molecule has 0 saturated carbocycles. The van der Waals surface area contributed by atoms with Crippen molar-refractivity contribution in [2.45, 2.75) is 0 Å². The third-order valence-corrected chi connectivity index (χ3v) is 2.87. The lowest BCUT2D eigenvalue weighted by atomic mass is 10.2. The zero-order valence-corrected chi connectivity index (χ0v) is 11.2. The number of nitrogens with two attached hydrogens (primary N) is 1. The van der Waals surface area contributed by atoms with Gasteiger partial charge in [0.05, 0.1) is 4.92 Å². The van der Waals surface area contributed by atoms with Crippen molar-refractivity contribution in [3.05, 3.63) is 58.3 Å². The lowest BCUT2D eigenvalue weighted by molar-refractivity contribution is -0.384. The van der Waals surface area contributed by atoms with E-state index >= 15 is 0 Å². The van der Waals surface area contributed by atoms with E-state index in [1.165, 1.54) is 29.2 Å². The maximum Gasteiger partial charge on any atom is 0.276 e. The summed E-state index contributed by atoms with van der Waals surface area (Å²) in [6.45, 7) is 0. The molecule has 1 amide bonds. The zero-order valence-electron chi connectivity index (χ0n) is 11.2. The van der Waals surface area contributed by atoms with Crippen molar-refractivity contribution in [3.8, 4) is 0 Å². The molecule has 0 aliphatic rings. The summed E-state index contributed by atoms with van der Waals surface area (Å²) in [5, 5.41) is 10.6. The maximum absolute atomic E-state index is 12.3. The van der Waals surface area contributed by atoms with Crippen LogP contribution in [0.3, 0.4) is 0 Å². The highest BCUT2D eigenvalue weighted by Gasteiger charge is 2.16. The average molecular weight is 287 g/mol. The van der Waals surface area contributed by atoms with E-state index in [9.17, 15) is 14.9 Å². The van der Waals surface area contributed by atoms with Crippen LogP contribution in [-0.2, 0) is 0 Å². The molecular weight excluding hydrogens is 274 g/mol. The Balaban J connectivity index is 2.23. The van der Waals surface area contributed by atoms with E-state index in [1.807, 2.05) is 0 Å². The Morgan fingerprint density at radius 3 is 2.52 bits per heavy atom. The molecule has 8 nitrogen and oxygen atoms in total. The van der Waals surface area contributed by atoms with Crippen LogP contribution in [0, 0.1) is 10.1 Å². The maximum atomic E-state index is 12.3. The molecule has 0 unspecified atom stereocenters. The first-order valence-corrected chi connectivity index (χ1v) is 5.99.